The molecule has 1 saturated carbocycles. The SMILES string of the molecule is CCC1CCC(CNC)CC1.[HH]. The first-order valence-corrected chi connectivity index (χ1v) is 5.01. The molecular weight excluding hydrogens is 134 g/mol. The Labute approximate surface area is 72.1 Å². The lowest BCUT2D eigenvalue weighted by Gasteiger charge is -2.27. The molecule has 0 aliphatic heterocycles. The van der Waals surface area contributed by atoms with Gasteiger partial charge in [0.2, 0.25) is 0 Å². The molecule has 68 valence electrons. The van der Waals surface area contributed by atoms with Crippen molar-refractivity contribution < 1.29 is 1.43 Å². The Kier molecular flexibility index (Phi) is 3.92. The highest BCUT2D eigenvalue weighted by molar-refractivity contribution is 4.72. The Morgan fingerprint density at radius 1 is 1.18 bits per heavy atom. The Bertz CT molecular complexity index is 98.0. The normalized spacial score (nSPS) is 32.2. The van der Waals surface area contributed by atoms with E-state index in [9.17, 15) is 0 Å². The minimum Gasteiger partial charge on any atom is -0.319 e. The lowest BCUT2D eigenvalue weighted by atomic mass is 9.81. The van der Waals surface area contributed by atoms with E-state index in [4.69, 9.17) is 0 Å². The number of rotatable bonds is 3. The maximum Gasteiger partial charge on any atom is 0 e. The van der Waals surface area contributed by atoms with E-state index in [0.717, 1.165) is 11.8 Å². The third kappa shape index (κ3) is 2.82. The van der Waals surface area contributed by atoms with Crippen LogP contribution in [0.15, 0.2) is 0 Å². The molecule has 0 unspecified atom stereocenters. The second-order valence-electron chi connectivity index (χ2n) is 3.85. The summed E-state index contributed by atoms with van der Waals surface area (Å²) in [5.74, 6) is 2.02. The molecule has 1 rings (SSSR count). The average molecular weight is 157 g/mol. The fourth-order valence-electron chi connectivity index (χ4n) is 2.13. The summed E-state index contributed by atoms with van der Waals surface area (Å²) in [6.45, 7) is 3.56. The third-order valence-electron chi connectivity index (χ3n) is 3.04. The molecule has 0 atom stereocenters. The Hall–Kier alpha value is -0.0400. The minimum atomic E-state index is 0. The van der Waals surface area contributed by atoms with Gasteiger partial charge in [0.05, 0.1) is 0 Å². The van der Waals surface area contributed by atoms with E-state index >= 15 is 0 Å². The van der Waals surface area contributed by atoms with Gasteiger partial charge in [0.25, 0.3) is 0 Å². The number of nitrogens with one attached hydrogen (secondary N) is 1. The molecule has 1 N–H and O–H groups in total. The first-order valence-electron chi connectivity index (χ1n) is 5.01. The zero-order valence-corrected chi connectivity index (χ0v) is 7.90. The average Bonchev–Trinajstić information content (AvgIpc) is 2.07. The van der Waals surface area contributed by atoms with E-state index in [-0.39, 0.29) is 1.43 Å². The van der Waals surface area contributed by atoms with Crippen LogP contribution in [0, 0.1) is 11.8 Å². The summed E-state index contributed by atoms with van der Waals surface area (Å²) in [6, 6.07) is 0. The summed E-state index contributed by atoms with van der Waals surface area (Å²) in [5.41, 5.74) is 0. The van der Waals surface area contributed by atoms with Gasteiger partial charge in [-0.25, -0.2) is 0 Å². The van der Waals surface area contributed by atoms with Crippen molar-refractivity contribution >= 4 is 0 Å². The Balaban J connectivity index is 0.00000121. The maximum absolute atomic E-state index is 3.27. The minimum absolute atomic E-state index is 0. The highest BCUT2D eigenvalue weighted by Crippen LogP contribution is 2.29. The van der Waals surface area contributed by atoms with Gasteiger partial charge in [-0.2, -0.15) is 0 Å². The van der Waals surface area contributed by atoms with Gasteiger partial charge in [-0.15, -0.1) is 0 Å². The maximum atomic E-state index is 3.27. The van der Waals surface area contributed by atoms with Crippen LogP contribution in [-0.4, -0.2) is 13.6 Å². The molecule has 1 fully saturated rings. The second kappa shape index (κ2) is 4.76. The molecule has 1 heteroatoms. The van der Waals surface area contributed by atoms with Crippen molar-refractivity contribution in [3.63, 3.8) is 0 Å². The first kappa shape index (κ1) is 9.05. The van der Waals surface area contributed by atoms with Gasteiger partial charge in [0.15, 0.2) is 0 Å². The van der Waals surface area contributed by atoms with Crippen molar-refractivity contribution in [3.05, 3.63) is 0 Å². The van der Waals surface area contributed by atoms with Crippen molar-refractivity contribution in [2.75, 3.05) is 13.6 Å². The molecule has 0 saturated heterocycles. The van der Waals surface area contributed by atoms with Crippen LogP contribution in [0.3, 0.4) is 0 Å². The van der Waals surface area contributed by atoms with E-state index in [1.165, 1.54) is 38.6 Å². The first-order chi connectivity index (χ1) is 5.36. The molecule has 1 nitrogen and oxygen atoms in total. The molecule has 0 radical (unpaired) electrons. The van der Waals surface area contributed by atoms with Gasteiger partial charge >= 0.3 is 0 Å². The van der Waals surface area contributed by atoms with Crippen LogP contribution in [-0.2, 0) is 0 Å². The van der Waals surface area contributed by atoms with Crippen molar-refractivity contribution in [2.24, 2.45) is 11.8 Å². The lowest BCUT2D eigenvalue weighted by Crippen LogP contribution is -2.23. The summed E-state index contributed by atoms with van der Waals surface area (Å²) in [4.78, 5) is 0. The predicted octanol–water partition coefficient (Wildman–Crippen LogP) is 2.67. The summed E-state index contributed by atoms with van der Waals surface area (Å²) in [5, 5.41) is 3.27. The summed E-state index contributed by atoms with van der Waals surface area (Å²) < 4.78 is 0. The van der Waals surface area contributed by atoms with E-state index in [1.807, 2.05) is 0 Å². The van der Waals surface area contributed by atoms with Gasteiger partial charge in [-0.05, 0) is 38.3 Å². The molecule has 1 aliphatic rings. The summed E-state index contributed by atoms with van der Waals surface area (Å²) in [6.07, 6.45) is 7.26. The molecule has 0 amide bonds. The largest absolute Gasteiger partial charge is 0.319 e. The molecule has 0 aromatic rings. The van der Waals surface area contributed by atoms with Crippen molar-refractivity contribution in [3.8, 4) is 0 Å². The van der Waals surface area contributed by atoms with Crippen LogP contribution in [0.2, 0.25) is 0 Å². The molecule has 0 bridgehead atoms. The quantitative estimate of drug-likeness (QED) is 0.664. The van der Waals surface area contributed by atoms with Crippen molar-refractivity contribution in [1.82, 2.24) is 5.32 Å². The Morgan fingerprint density at radius 2 is 1.73 bits per heavy atom. The fourth-order valence-corrected chi connectivity index (χ4v) is 2.13. The van der Waals surface area contributed by atoms with E-state index in [1.54, 1.807) is 0 Å². The lowest BCUT2D eigenvalue weighted by molar-refractivity contribution is 0.266. The van der Waals surface area contributed by atoms with Crippen LogP contribution in [0.1, 0.15) is 40.5 Å². The molecule has 11 heavy (non-hydrogen) atoms. The summed E-state index contributed by atoms with van der Waals surface area (Å²) in [7, 11) is 2.06. The van der Waals surface area contributed by atoms with Gasteiger partial charge in [-0.1, -0.05) is 26.2 Å². The van der Waals surface area contributed by atoms with Gasteiger partial charge in [0.1, 0.15) is 0 Å². The van der Waals surface area contributed by atoms with Crippen LogP contribution in [0.5, 0.6) is 0 Å². The predicted molar refractivity (Wildman–Crippen MR) is 51.8 cm³/mol. The molecular formula is C10H23N. The van der Waals surface area contributed by atoms with E-state index in [0.29, 0.717) is 0 Å². The summed E-state index contributed by atoms with van der Waals surface area (Å²) >= 11 is 0. The molecule has 0 aromatic heterocycles. The van der Waals surface area contributed by atoms with E-state index < -0.39 is 0 Å². The van der Waals surface area contributed by atoms with Crippen LogP contribution in [0.4, 0.5) is 0 Å². The van der Waals surface area contributed by atoms with Gasteiger partial charge in [-0.3, -0.25) is 0 Å². The van der Waals surface area contributed by atoms with Crippen molar-refractivity contribution in [2.45, 2.75) is 39.0 Å². The van der Waals surface area contributed by atoms with Gasteiger partial charge < -0.3 is 5.32 Å². The smallest absolute Gasteiger partial charge is 0 e. The van der Waals surface area contributed by atoms with Crippen LogP contribution < -0.4 is 5.32 Å². The number of hydrogen-bond donors (Lipinski definition) is 1. The van der Waals surface area contributed by atoms with Crippen LogP contribution in [0.25, 0.3) is 0 Å². The highest BCUT2D eigenvalue weighted by Gasteiger charge is 2.18. The zero-order valence-electron chi connectivity index (χ0n) is 7.90. The highest BCUT2D eigenvalue weighted by atomic mass is 14.8. The molecule has 1 aliphatic carbocycles. The standard InChI is InChI=1S/C10H21N.H2/c1-3-9-4-6-10(7-5-9)8-11-2;/h9-11H,3-8H2,1-2H3;1H. The van der Waals surface area contributed by atoms with Crippen molar-refractivity contribution in [1.29, 1.82) is 0 Å². The topological polar surface area (TPSA) is 12.0 Å². The zero-order chi connectivity index (χ0) is 8.10. The molecule has 0 heterocycles. The number of hydrogen-bond acceptors (Lipinski definition) is 1. The molecule has 0 spiro atoms. The molecule has 0 aromatic carbocycles. The Morgan fingerprint density at radius 3 is 2.18 bits per heavy atom. The van der Waals surface area contributed by atoms with E-state index in [2.05, 4.69) is 19.3 Å². The van der Waals surface area contributed by atoms with Crippen LogP contribution >= 0.6 is 0 Å². The van der Waals surface area contributed by atoms with Gasteiger partial charge in [0, 0.05) is 1.43 Å². The fraction of sp³-hybridized carbons (Fsp3) is 1.00. The third-order valence-corrected chi connectivity index (χ3v) is 3.04. The monoisotopic (exact) mass is 157 g/mol. The second-order valence-corrected chi connectivity index (χ2v) is 3.85.